The van der Waals surface area contributed by atoms with Gasteiger partial charge in [0.25, 0.3) is 0 Å². The number of phosphoric ester groups is 1. The summed E-state index contributed by atoms with van der Waals surface area (Å²) in [6.45, 7) is 4.60. The van der Waals surface area contributed by atoms with Crippen LogP contribution >= 0.6 is 7.82 Å². The first-order valence-electron chi connectivity index (χ1n) is 19.4. The summed E-state index contributed by atoms with van der Waals surface area (Å²) in [5.41, 5.74) is 12.6. The minimum atomic E-state index is -4.34. The molecule has 1 aliphatic rings. The van der Waals surface area contributed by atoms with Crippen LogP contribution in [0.1, 0.15) is 67.8 Å². The third kappa shape index (κ3) is 13.9. The highest BCUT2D eigenvalue weighted by Crippen LogP contribution is 2.53. The number of hydrogen-bond donors (Lipinski definition) is 0. The molecular formula is C43H52N3O10P. The molecule has 0 spiro atoms. The van der Waals surface area contributed by atoms with Crippen LogP contribution in [0.2, 0.25) is 0 Å². The third-order valence-electron chi connectivity index (χ3n) is 9.04. The molecule has 0 aromatic heterocycles. The number of carbonyl (C=O) groups is 1. The average molecular weight is 802 g/mol. The number of rotatable bonds is 24. The van der Waals surface area contributed by atoms with Gasteiger partial charge in [-0.05, 0) is 40.6 Å². The zero-order valence-electron chi connectivity index (χ0n) is 32.5. The summed E-state index contributed by atoms with van der Waals surface area (Å²) in [6, 6.07) is 35.8. The predicted molar refractivity (Wildman–Crippen MR) is 213 cm³/mol. The van der Waals surface area contributed by atoms with Gasteiger partial charge >= 0.3 is 13.8 Å². The van der Waals surface area contributed by atoms with Crippen molar-refractivity contribution in [1.82, 2.24) is 0 Å². The van der Waals surface area contributed by atoms with Crippen molar-refractivity contribution in [3.63, 3.8) is 0 Å². The molecule has 0 bridgehead atoms. The molecule has 1 heterocycles. The molecule has 4 aromatic carbocycles. The summed E-state index contributed by atoms with van der Waals surface area (Å²) >= 11 is 0. The zero-order valence-corrected chi connectivity index (χ0v) is 33.3. The first-order chi connectivity index (χ1) is 27.9. The molecule has 0 amide bonds. The van der Waals surface area contributed by atoms with Crippen molar-refractivity contribution in [1.29, 1.82) is 0 Å². The van der Waals surface area contributed by atoms with E-state index in [0.717, 1.165) is 29.5 Å². The van der Waals surface area contributed by atoms with Crippen LogP contribution in [-0.4, -0.2) is 56.5 Å². The first kappa shape index (κ1) is 43.7. The van der Waals surface area contributed by atoms with Gasteiger partial charge in [-0.3, -0.25) is 18.4 Å². The van der Waals surface area contributed by atoms with Gasteiger partial charge in [-0.1, -0.05) is 153 Å². The quantitative estimate of drug-likeness (QED) is 0.0167. The van der Waals surface area contributed by atoms with Crippen LogP contribution in [0.15, 0.2) is 126 Å². The van der Waals surface area contributed by atoms with E-state index in [0.29, 0.717) is 18.4 Å². The largest absolute Gasteiger partial charge is 0.477 e. The molecule has 1 fully saturated rings. The minimum Gasteiger partial charge on any atom is -0.453 e. The lowest BCUT2D eigenvalue weighted by atomic mass is 9.97. The number of phosphoric acid groups is 1. The molecule has 14 heteroatoms. The van der Waals surface area contributed by atoms with Gasteiger partial charge in [-0.25, -0.2) is 4.57 Å². The fourth-order valence-corrected chi connectivity index (χ4v) is 7.34. The van der Waals surface area contributed by atoms with Crippen LogP contribution in [-0.2, 0) is 66.4 Å². The maximum atomic E-state index is 14.4. The second-order valence-electron chi connectivity index (χ2n) is 13.4. The van der Waals surface area contributed by atoms with Gasteiger partial charge in [0, 0.05) is 4.91 Å². The Morgan fingerprint density at radius 2 is 1.21 bits per heavy atom. The van der Waals surface area contributed by atoms with Crippen molar-refractivity contribution in [3.05, 3.63) is 154 Å². The molecule has 57 heavy (non-hydrogen) atoms. The number of ether oxygens (including phenoxy) is 5. The van der Waals surface area contributed by atoms with E-state index in [1.54, 1.807) is 30.3 Å². The number of carbonyl (C=O) groups excluding carboxylic acids is 1. The summed E-state index contributed by atoms with van der Waals surface area (Å²) in [7, 11) is -4.34. The SMILES string of the molecule is CCCCOP(=O)(OCCCC)O[C@@H]1O[C@H](COCc2ccccc2)[C@H](OCc2ccccc2)[C@H](OCc2ccccc2)[C@H]1OC(=O)C(N=[N+]=[N-])c1ccccc1. The molecule has 1 unspecified atom stereocenters. The van der Waals surface area contributed by atoms with Crippen LogP contribution < -0.4 is 0 Å². The van der Waals surface area contributed by atoms with Gasteiger partial charge in [0.05, 0.1) is 39.6 Å². The Hall–Kier alpha value is -4.39. The fraction of sp³-hybridized carbons (Fsp3) is 0.419. The Kier molecular flexibility index (Phi) is 18.2. The molecule has 0 radical (unpaired) electrons. The maximum Gasteiger partial charge on any atom is 0.477 e. The van der Waals surface area contributed by atoms with Crippen LogP contribution in [0, 0.1) is 0 Å². The molecular weight excluding hydrogens is 749 g/mol. The number of esters is 1. The lowest BCUT2D eigenvalue weighted by Crippen LogP contribution is -2.62. The molecule has 0 N–H and O–H groups in total. The highest BCUT2D eigenvalue weighted by Gasteiger charge is 2.53. The Labute approximate surface area is 334 Å². The molecule has 304 valence electrons. The summed E-state index contributed by atoms with van der Waals surface area (Å²) in [6.07, 6.45) is -3.24. The smallest absolute Gasteiger partial charge is 0.453 e. The highest BCUT2D eigenvalue weighted by molar-refractivity contribution is 7.48. The van der Waals surface area contributed by atoms with Crippen molar-refractivity contribution in [3.8, 4) is 0 Å². The second-order valence-corrected chi connectivity index (χ2v) is 15.0. The molecule has 0 aliphatic carbocycles. The Morgan fingerprint density at radius 3 is 1.72 bits per heavy atom. The van der Waals surface area contributed by atoms with Crippen molar-refractivity contribution in [2.45, 2.75) is 96.1 Å². The van der Waals surface area contributed by atoms with Crippen LogP contribution in [0.25, 0.3) is 10.4 Å². The number of azide groups is 1. The number of unbranched alkanes of at least 4 members (excludes halogenated alkanes) is 2. The van der Waals surface area contributed by atoms with E-state index in [9.17, 15) is 14.9 Å². The second kappa shape index (κ2) is 23.7. The topological polar surface area (TPSA) is 157 Å². The summed E-state index contributed by atoms with van der Waals surface area (Å²) < 4.78 is 64.7. The van der Waals surface area contributed by atoms with E-state index in [-0.39, 0.29) is 39.6 Å². The summed E-state index contributed by atoms with van der Waals surface area (Å²) in [5, 5.41) is 3.79. The lowest BCUT2D eigenvalue weighted by Gasteiger charge is -2.45. The van der Waals surface area contributed by atoms with Gasteiger partial charge in [0.2, 0.25) is 6.29 Å². The Morgan fingerprint density at radius 1 is 0.719 bits per heavy atom. The predicted octanol–water partition coefficient (Wildman–Crippen LogP) is 9.82. The number of hydrogen-bond acceptors (Lipinski definition) is 11. The van der Waals surface area contributed by atoms with E-state index < -0.39 is 50.5 Å². The number of nitrogens with zero attached hydrogens (tertiary/aromatic N) is 3. The highest BCUT2D eigenvalue weighted by atomic mass is 31.2. The fourth-order valence-electron chi connectivity index (χ4n) is 6.02. The monoisotopic (exact) mass is 801 g/mol. The normalized spacial score (nSPS) is 20.0. The molecule has 0 saturated carbocycles. The van der Waals surface area contributed by atoms with E-state index in [2.05, 4.69) is 10.0 Å². The van der Waals surface area contributed by atoms with Crippen molar-refractivity contribution in [2.75, 3.05) is 19.8 Å². The van der Waals surface area contributed by atoms with Gasteiger partial charge < -0.3 is 23.7 Å². The lowest BCUT2D eigenvalue weighted by molar-refractivity contribution is -0.306. The first-order valence-corrected chi connectivity index (χ1v) is 20.8. The molecule has 6 atom stereocenters. The summed E-state index contributed by atoms with van der Waals surface area (Å²) in [5.74, 6) is -0.913. The van der Waals surface area contributed by atoms with E-state index in [1.165, 1.54) is 0 Å². The van der Waals surface area contributed by atoms with E-state index in [1.807, 2.05) is 105 Å². The maximum absolute atomic E-state index is 14.4. The van der Waals surface area contributed by atoms with Crippen LogP contribution in [0.5, 0.6) is 0 Å². The van der Waals surface area contributed by atoms with Gasteiger partial charge in [0.1, 0.15) is 18.3 Å². The average Bonchev–Trinajstić information content (AvgIpc) is 3.24. The number of benzene rings is 4. The van der Waals surface area contributed by atoms with E-state index >= 15 is 0 Å². The Bertz CT molecular complexity index is 1820. The molecule has 13 nitrogen and oxygen atoms in total. The van der Waals surface area contributed by atoms with Crippen molar-refractivity contribution in [2.24, 2.45) is 5.11 Å². The molecule has 4 aromatic rings. The van der Waals surface area contributed by atoms with Gasteiger partial charge in [0.15, 0.2) is 12.1 Å². The van der Waals surface area contributed by atoms with Gasteiger partial charge in [-0.2, -0.15) is 0 Å². The Balaban J connectivity index is 1.56. The van der Waals surface area contributed by atoms with Crippen molar-refractivity contribution >= 4 is 13.8 Å². The standard InChI is InChI=1S/C43H52N3O10P/c1-3-5-27-52-57(48,53-28-6-4-2)56-43-41(55-42(47)38(45-46-44)36-25-17-10-18-26-36)40(51-31-35-23-15-9-16-24-35)39(50-30-34-21-13-8-14-22-34)37(54-43)32-49-29-33-19-11-7-12-20-33/h7-26,37-41,43H,3-6,27-32H2,1-2H3/t37-,38?,39+,40+,41-,43+/m1/s1. The van der Waals surface area contributed by atoms with Crippen molar-refractivity contribution < 1.29 is 46.6 Å². The molecule has 1 aliphatic heterocycles. The minimum absolute atomic E-state index is 0.0108. The summed E-state index contributed by atoms with van der Waals surface area (Å²) in [4.78, 5) is 17.1. The molecule has 1 saturated heterocycles. The van der Waals surface area contributed by atoms with Crippen LogP contribution in [0.4, 0.5) is 0 Å². The molecule has 5 rings (SSSR count). The third-order valence-corrected chi connectivity index (χ3v) is 10.5. The zero-order chi connectivity index (χ0) is 40.1. The van der Waals surface area contributed by atoms with Crippen LogP contribution in [0.3, 0.4) is 0 Å². The van der Waals surface area contributed by atoms with E-state index in [4.69, 9.17) is 37.3 Å². The van der Waals surface area contributed by atoms with Gasteiger partial charge in [-0.15, -0.1) is 0 Å².